The fourth-order valence-corrected chi connectivity index (χ4v) is 2.63. The Balaban J connectivity index is 2.02. The Morgan fingerprint density at radius 2 is 1.79 bits per heavy atom. The SMILES string of the molecule is NC(=O)CSc1ccccc1C(=O)OCc1ccc([N+](=O)[O-])cc1. The lowest BCUT2D eigenvalue weighted by molar-refractivity contribution is -0.384. The highest BCUT2D eigenvalue weighted by Gasteiger charge is 2.14. The normalized spacial score (nSPS) is 10.2. The molecule has 2 rings (SSSR count). The molecule has 124 valence electrons. The Kier molecular flexibility index (Phi) is 5.91. The van der Waals surface area contributed by atoms with Gasteiger partial charge in [-0.15, -0.1) is 11.8 Å². The van der Waals surface area contributed by atoms with E-state index in [4.69, 9.17) is 10.5 Å². The molecular weight excluding hydrogens is 332 g/mol. The standard InChI is InChI=1S/C16H14N2O5S/c17-15(19)10-24-14-4-2-1-3-13(14)16(20)23-9-11-5-7-12(8-6-11)18(21)22/h1-8H,9-10H2,(H2,17,19). The molecule has 7 nitrogen and oxygen atoms in total. The number of carbonyl (C=O) groups is 2. The fourth-order valence-electron chi connectivity index (χ4n) is 1.85. The number of esters is 1. The van der Waals surface area contributed by atoms with E-state index in [0.717, 1.165) is 11.8 Å². The van der Waals surface area contributed by atoms with Crippen molar-refractivity contribution in [2.45, 2.75) is 11.5 Å². The summed E-state index contributed by atoms with van der Waals surface area (Å²) in [6.07, 6.45) is 0. The summed E-state index contributed by atoms with van der Waals surface area (Å²) in [5.41, 5.74) is 6.06. The van der Waals surface area contributed by atoms with Gasteiger partial charge in [0.15, 0.2) is 0 Å². The van der Waals surface area contributed by atoms with Crippen molar-refractivity contribution in [2.24, 2.45) is 5.73 Å². The van der Waals surface area contributed by atoms with Gasteiger partial charge in [-0.05, 0) is 29.8 Å². The molecule has 0 saturated heterocycles. The lowest BCUT2D eigenvalue weighted by atomic mass is 10.2. The topological polar surface area (TPSA) is 113 Å². The van der Waals surface area contributed by atoms with Crippen molar-refractivity contribution in [1.82, 2.24) is 0 Å². The maximum Gasteiger partial charge on any atom is 0.339 e. The number of rotatable bonds is 7. The molecule has 0 atom stereocenters. The van der Waals surface area contributed by atoms with Crippen LogP contribution in [0, 0.1) is 10.1 Å². The van der Waals surface area contributed by atoms with E-state index in [1.165, 1.54) is 24.3 Å². The maximum atomic E-state index is 12.2. The van der Waals surface area contributed by atoms with Crippen molar-refractivity contribution in [2.75, 3.05) is 5.75 Å². The number of benzene rings is 2. The number of carbonyl (C=O) groups excluding carboxylic acids is 2. The molecule has 0 aromatic heterocycles. The van der Waals surface area contributed by atoms with Gasteiger partial charge in [-0.25, -0.2) is 4.79 Å². The average molecular weight is 346 g/mol. The molecule has 0 saturated carbocycles. The molecule has 0 heterocycles. The van der Waals surface area contributed by atoms with E-state index in [1.807, 2.05) is 0 Å². The first kappa shape index (κ1) is 17.5. The van der Waals surface area contributed by atoms with E-state index in [1.54, 1.807) is 24.3 Å². The summed E-state index contributed by atoms with van der Waals surface area (Å²) in [6.45, 7) is -0.00829. The molecular formula is C16H14N2O5S. The van der Waals surface area contributed by atoms with Crippen LogP contribution in [0.5, 0.6) is 0 Å². The molecule has 0 radical (unpaired) electrons. The smallest absolute Gasteiger partial charge is 0.339 e. The molecule has 2 N–H and O–H groups in total. The first-order valence-corrected chi connectivity index (χ1v) is 7.86. The Morgan fingerprint density at radius 3 is 2.42 bits per heavy atom. The molecule has 1 amide bonds. The van der Waals surface area contributed by atoms with Crippen molar-refractivity contribution in [3.63, 3.8) is 0 Å². The van der Waals surface area contributed by atoms with E-state index in [2.05, 4.69) is 0 Å². The van der Waals surface area contributed by atoms with Gasteiger partial charge in [0.1, 0.15) is 6.61 Å². The van der Waals surface area contributed by atoms with Gasteiger partial charge >= 0.3 is 5.97 Å². The highest BCUT2D eigenvalue weighted by molar-refractivity contribution is 8.00. The lowest BCUT2D eigenvalue weighted by Crippen LogP contribution is -2.13. The number of nitrogens with two attached hydrogens (primary N) is 1. The van der Waals surface area contributed by atoms with E-state index >= 15 is 0 Å². The number of primary amides is 1. The van der Waals surface area contributed by atoms with Crippen molar-refractivity contribution < 1.29 is 19.2 Å². The first-order valence-electron chi connectivity index (χ1n) is 6.88. The number of amides is 1. The van der Waals surface area contributed by atoms with Gasteiger partial charge in [-0.2, -0.15) is 0 Å². The zero-order valence-corrected chi connectivity index (χ0v) is 13.3. The molecule has 0 aliphatic heterocycles. The van der Waals surface area contributed by atoms with E-state index < -0.39 is 16.8 Å². The molecule has 0 unspecified atom stereocenters. The fraction of sp³-hybridized carbons (Fsp3) is 0.125. The van der Waals surface area contributed by atoms with Gasteiger partial charge in [0, 0.05) is 17.0 Å². The molecule has 24 heavy (non-hydrogen) atoms. The minimum Gasteiger partial charge on any atom is -0.457 e. The van der Waals surface area contributed by atoms with Crippen molar-refractivity contribution in [3.05, 3.63) is 69.8 Å². The highest BCUT2D eigenvalue weighted by Crippen LogP contribution is 2.23. The molecule has 0 aliphatic carbocycles. The van der Waals surface area contributed by atoms with Gasteiger partial charge in [0.25, 0.3) is 5.69 Å². The third kappa shape index (κ3) is 4.82. The van der Waals surface area contributed by atoms with E-state index in [0.29, 0.717) is 16.0 Å². The predicted molar refractivity (Wildman–Crippen MR) is 88.6 cm³/mol. The zero-order valence-electron chi connectivity index (χ0n) is 12.5. The van der Waals surface area contributed by atoms with Crippen LogP contribution in [0.25, 0.3) is 0 Å². The van der Waals surface area contributed by atoms with Gasteiger partial charge in [0.2, 0.25) is 5.91 Å². The van der Waals surface area contributed by atoms with Gasteiger partial charge < -0.3 is 10.5 Å². The number of hydrogen-bond donors (Lipinski definition) is 1. The molecule has 2 aromatic carbocycles. The van der Waals surface area contributed by atoms with Crippen LogP contribution in [0.4, 0.5) is 5.69 Å². The highest BCUT2D eigenvalue weighted by atomic mass is 32.2. The van der Waals surface area contributed by atoms with Crippen LogP contribution in [0.15, 0.2) is 53.4 Å². The molecule has 0 fully saturated rings. The summed E-state index contributed by atoms with van der Waals surface area (Å²) in [6, 6.07) is 12.5. The third-order valence-corrected chi connectivity index (χ3v) is 4.09. The van der Waals surface area contributed by atoms with Crippen molar-refractivity contribution in [3.8, 4) is 0 Å². The summed E-state index contributed by atoms with van der Waals surface area (Å²) < 4.78 is 5.22. The Bertz CT molecular complexity index is 761. The minimum absolute atomic E-state index is 0.00829. The first-order chi connectivity index (χ1) is 11.5. The molecule has 0 aliphatic rings. The number of nitro groups is 1. The Hall–Kier alpha value is -2.87. The second-order valence-electron chi connectivity index (χ2n) is 4.75. The number of hydrogen-bond acceptors (Lipinski definition) is 6. The summed E-state index contributed by atoms with van der Waals surface area (Å²) in [4.78, 5) is 33.8. The van der Waals surface area contributed by atoms with Gasteiger partial charge in [-0.1, -0.05) is 12.1 Å². The van der Waals surface area contributed by atoms with E-state index in [9.17, 15) is 19.7 Å². The van der Waals surface area contributed by atoms with E-state index in [-0.39, 0.29) is 18.0 Å². The average Bonchev–Trinajstić information content (AvgIpc) is 2.58. The van der Waals surface area contributed by atoms with Gasteiger partial charge in [0.05, 0.1) is 16.2 Å². The lowest BCUT2D eigenvalue weighted by Gasteiger charge is -2.09. The van der Waals surface area contributed by atoms with Crippen molar-refractivity contribution >= 4 is 29.3 Å². The van der Waals surface area contributed by atoms with Crippen LogP contribution < -0.4 is 5.73 Å². The maximum absolute atomic E-state index is 12.2. The molecule has 8 heteroatoms. The minimum atomic E-state index is -0.541. The second kappa shape index (κ2) is 8.11. The summed E-state index contributed by atoms with van der Waals surface area (Å²) in [7, 11) is 0. The van der Waals surface area contributed by atoms with Crippen LogP contribution in [0.2, 0.25) is 0 Å². The largest absolute Gasteiger partial charge is 0.457 e. The number of nitro benzene ring substituents is 1. The van der Waals surface area contributed by atoms with Crippen LogP contribution >= 0.6 is 11.8 Å². The molecule has 0 bridgehead atoms. The van der Waals surface area contributed by atoms with Crippen LogP contribution in [-0.4, -0.2) is 22.6 Å². The third-order valence-electron chi connectivity index (χ3n) is 2.99. The second-order valence-corrected chi connectivity index (χ2v) is 5.77. The zero-order chi connectivity index (χ0) is 17.5. The van der Waals surface area contributed by atoms with Crippen molar-refractivity contribution in [1.29, 1.82) is 0 Å². The quantitative estimate of drug-likeness (QED) is 0.357. The summed E-state index contributed by atoms with van der Waals surface area (Å²) >= 11 is 1.16. The number of thioether (sulfide) groups is 1. The summed E-state index contributed by atoms with van der Waals surface area (Å²) in [5.74, 6) is -0.956. The number of nitrogens with zero attached hydrogens (tertiary/aromatic N) is 1. The predicted octanol–water partition coefficient (Wildman–Crippen LogP) is 2.53. The Labute approximate surface area is 142 Å². The number of ether oxygens (including phenoxy) is 1. The van der Waals surface area contributed by atoms with Crippen LogP contribution in [-0.2, 0) is 16.1 Å². The van der Waals surface area contributed by atoms with Crippen LogP contribution in [0.3, 0.4) is 0 Å². The molecule has 2 aromatic rings. The van der Waals surface area contributed by atoms with Crippen LogP contribution in [0.1, 0.15) is 15.9 Å². The monoisotopic (exact) mass is 346 g/mol. The molecule has 0 spiro atoms. The van der Waals surface area contributed by atoms with Gasteiger partial charge in [-0.3, -0.25) is 14.9 Å². The summed E-state index contributed by atoms with van der Waals surface area (Å²) in [5, 5.41) is 10.6. The Morgan fingerprint density at radius 1 is 1.12 bits per heavy atom. The number of non-ortho nitro benzene ring substituents is 1.